The van der Waals surface area contributed by atoms with E-state index in [9.17, 15) is 4.79 Å². The molecule has 1 aliphatic rings. The van der Waals surface area contributed by atoms with Gasteiger partial charge in [-0.1, -0.05) is 54.4 Å². The Kier molecular flexibility index (Phi) is 7.25. The van der Waals surface area contributed by atoms with E-state index in [0.29, 0.717) is 36.8 Å². The summed E-state index contributed by atoms with van der Waals surface area (Å²) >= 11 is 6.15. The molecule has 168 valence electrons. The van der Waals surface area contributed by atoms with E-state index in [0.717, 1.165) is 24.5 Å². The van der Waals surface area contributed by atoms with Gasteiger partial charge in [0.25, 0.3) is 5.91 Å². The van der Waals surface area contributed by atoms with E-state index >= 15 is 0 Å². The first-order valence-corrected chi connectivity index (χ1v) is 11.4. The third-order valence-electron chi connectivity index (χ3n) is 5.91. The Morgan fingerprint density at radius 2 is 1.94 bits per heavy atom. The first-order valence-electron chi connectivity index (χ1n) is 11.1. The van der Waals surface area contributed by atoms with Crippen molar-refractivity contribution in [3.05, 3.63) is 82.1 Å². The summed E-state index contributed by atoms with van der Waals surface area (Å²) in [5.74, 6) is -0.111. The molecule has 0 spiro atoms. The number of rotatable bonds is 7. The fraction of sp³-hybridized carbons (Fsp3) is 0.360. The minimum atomic E-state index is -0.111. The van der Waals surface area contributed by atoms with Gasteiger partial charge in [-0.3, -0.25) is 9.69 Å². The minimum absolute atomic E-state index is 0.0940. The Morgan fingerprint density at radius 1 is 1.19 bits per heavy atom. The zero-order chi connectivity index (χ0) is 22.5. The van der Waals surface area contributed by atoms with Gasteiger partial charge in [0, 0.05) is 24.7 Å². The molecule has 1 N–H and O–H groups in total. The monoisotopic (exact) mass is 452 g/mol. The fourth-order valence-corrected chi connectivity index (χ4v) is 4.34. The lowest BCUT2D eigenvalue weighted by molar-refractivity contribution is 0.0162. The number of benzene rings is 2. The van der Waals surface area contributed by atoms with E-state index in [1.807, 2.05) is 31.2 Å². The average molecular weight is 453 g/mol. The lowest BCUT2D eigenvalue weighted by atomic mass is 10.0. The number of hydrogen-bond acceptors (Lipinski definition) is 4. The molecule has 1 aromatic heterocycles. The molecule has 1 unspecified atom stereocenters. The molecular weight excluding hydrogens is 424 g/mol. The molecule has 32 heavy (non-hydrogen) atoms. The molecule has 7 heteroatoms. The summed E-state index contributed by atoms with van der Waals surface area (Å²) in [5, 5.41) is 8.27. The normalized spacial score (nSPS) is 15.5. The van der Waals surface area contributed by atoms with Gasteiger partial charge in [-0.05, 0) is 37.1 Å². The number of aromatic nitrogens is 2. The van der Waals surface area contributed by atoms with Crippen molar-refractivity contribution < 1.29 is 9.53 Å². The summed E-state index contributed by atoms with van der Waals surface area (Å²) in [6, 6.07) is 16.1. The Labute approximate surface area is 194 Å². The number of hydrogen-bond donors (Lipinski definition) is 1. The topological polar surface area (TPSA) is 59.4 Å². The maximum atomic E-state index is 13.2. The molecular formula is C25H29ClN4O2. The Hall–Kier alpha value is -2.67. The summed E-state index contributed by atoms with van der Waals surface area (Å²) in [6.07, 6.45) is 2.32. The van der Waals surface area contributed by atoms with Crippen molar-refractivity contribution in [2.75, 3.05) is 32.8 Å². The number of amides is 1. The van der Waals surface area contributed by atoms with Crippen LogP contribution in [0.3, 0.4) is 0 Å². The summed E-state index contributed by atoms with van der Waals surface area (Å²) in [7, 11) is 0. The van der Waals surface area contributed by atoms with Crippen molar-refractivity contribution >= 4 is 17.5 Å². The number of morpholine rings is 1. The summed E-state index contributed by atoms with van der Waals surface area (Å²) in [6.45, 7) is 7.75. The number of nitrogens with one attached hydrogen (secondary N) is 1. The highest BCUT2D eigenvalue weighted by Gasteiger charge is 2.24. The van der Waals surface area contributed by atoms with E-state index in [1.54, 1.807) is 10.9 Å². The molecule has 1 saturated heterocycles. The molecule has 1 atom stereocenters. The zero-order valence-electron chi connectivity index (χ0n) is 18.6. The van der Waals surface area contributed by atoms with Gasteiger partial charge in [0.05, 0.1) is 42.4 Å². The van der Waals surface area contributed by atoms with Crippen LogP contribution in [0.25, 0.3) is 5.69 Å². The Bertz CT molecular complexity index is 1060. The standard InChI is InChI=1S/C25H29ClN4O2/c1-3-23-22(16-28-30(23)21-6-4-5-20(26)15-21)25(31)27-17-24(29-11-13-32-14-12-29)19-9-7-18(2)8-10-19/h4-10,15-16,24H,3,11-14,17H2,1-2H3,(H,27,31). The van der Waals surface area contributed by atoms with Crippen molar-refractivity contribution in [2.24, 2.45) is 0 Å². The number of carbonyl (C=O) groups is 1. The van der Waals surface area contributed by atoms with Crippen LogP contribution in [0.15, 0.2) is 54.7 Å². The van der Waals surface area contributed by atoms with Crippen LogP contribution in [0.5, 0.6) is 0 Å². The van der Waals surface area contributed by atoms with Gasteiger partial charge in [0.1, 0.15) is 0 Å². The van der Waals surface area contributed by atoms with Crippen molar-refractivity contribution in [3.8, 4) is 5.69 Å². The quantitative estimate of drug-likeness (QED) is 0.583. The van der Waals surface area contributed by atoms with E-state index in [4.69, 9.17) is 16.3 Å². The van der Waals surface area contributed by atoms with Gasteiger partial charge >= 0.3 is 0 Å². The number of ether oxygens (including phenoxy) is 1. The number of nitrogens with zero attached hydrogens (tertiary/aromatic N) is 3. The SMILES string of the molecule is CCc1c(C(=O)NCC(c2ccc(C)cc2)N2CCOCC2)cnn1-c1cccc(Cl)c1. The van der Waals surface area contributed by atoms with Crippen molar-refractivity contribution in [3.63, 3.8) is 0 Å². The van der Waals surface area contributed by atoms with Crippen LogP contribution in [-0.2, 0) is 11.2 Å². The largest absolute Gasteiger partial charge is 0.379 e. The molecule has 6 nitrogen and oxygen atoms in total. The Morgan fingerprint density at radius 3 is 2.62 bits per heavy atom. The van der Waals surface area contributed by atoms with E-state index in [2.05, 4.69) is 46.5 Å². The summed E-state index contributed by atoms with van der Waals surface area (Å²) < 4.78 is 7.33. The fourth-order valence-electron chi connectivity index (χ4n) is 4.15. The summed E-state index contributed by atoms with van der Waals surface area (Å²) in [4.78, 5) is 15.6. The smallest absolute Gasteiger partial charge is 0.254 e. The first-order chi connectivity index (χ1) is 15.6. The second kappa shape index (κ2) is 10.3. The van der Waals surface area contributed by atoms with Gasteiger partial charge in [-0.2, -0.15) is 5.10 Å². The van der Waals surface area contributed by atoms with Gasteiger partial charge in [0.15, 0.2) is 0 Å². The van der Waals surface area contributed by atoms with Crippen molar-refractivity contribution in [2.45, 2.75) is 26.3 Å². The Balaban J connectivity index is 1.53. The highest BCUT2D eigenvalue weighted by atomic mass is 35.5. The zero-order valence-corrected chi connectivity index (χ0v) is 19.3. The predicted octanol–water partition coefficient (Wildman–Crippen LogP) is 4.20. The van der Waals surface area contributed by atoms with E-state index in [-0.39, 0.29) is 11.9 Å². The molecule has 3 aromatic rings. The minimum Gasteiger partial charge on any atom is -0.379 e. The van der Waals surface area contributed by atoms with Crippen LogP contribution in [0.1, 0.15) is 40.1 Å². The second-order valence-corrected chi connectivity index (χ2v) is 8.47. The second-order valence-electron chi connectivity index (χ2n) is 8.04. The highest BCUT2D eigenvalue weighted by molar-refractivity contribution is 6.30. The van der Waals surface area contributed by atoms with Gasteiger partial charge in [0.2, 0.25) is 0 Å². The molecule has 0 aliphatic carbocycles. The molecule has 0 saturated carbocycles. The lowest BCUT2D eigenvalue weighted by Gasteiger charge is -2.35. The number of aryl methyl sites for hydroxylation is 1. The molecule has 1 fully saturated rings. The van der Waals surface area contributed by atoms with E-state index in [1.165, 1.54) is 11.1 Å². The van der Waals surface area contributed by atoms with Crippen LogP contribution >= 0.6 is 11.6 Å². The predicted molar refractivity (Wildman–Crippen MR) is 127 cm³/mol. The summed E-state index contributed by atoms with van der Waals surface area (Å²) in [5.41, 5.74) is 4.72. The molecule has 0 bridgehead atoms. The van der Waals surface area contributed by atoms with E-state index < -0.39 is 0 Å². The first kappa shape index (κ1) is 22.5. The molecule has 1 amide bonds. The molecule has 1 aliphatic heterocycles. The molecule has 2 aromatic carbocycles. The maximum Gasteiger partial charge on any atom is 0.254 e. The highest BCUT2D eigenvalue weighted by Crippen LogP contribution is 2.23. The van der Waals surface area contributed by atoms with Crippen LogP contribution in [0.2, 0.25) is 5.02 Å². The van der Waals surface area contributed by atoms with Gasteiger partial charge < -0.3 is 10.1 Å². The van der Waals surface area contributed by atoms with Crippen LogP contribution in [0.4, 0.5) is 0 Å². The van der Waals surface area contributed by atoms with Crippen LogP contribution in [-0.4, -0.2) is 53.4 Å². The maximum absolute atomic E-state index is 13.2. The van der Waals surface area contributed by atoms with Gasteiger partial charge in [-0.15, -0.1) is 0 Å². The molecule has 2 heterocycles. The van der Waals surface area contributed by atoms with Crippen LogP contribution < -0.4 is 5.32 Å². The molecule has 0 radical (unpaired) electrons. The average Bonchev–Trinajstić information content (AvgIpc) is 3.25. The van der Waals surface area contributed by atoms with Crippen molar-refractivity contribution in [1.82, 2.24) is 20.0 Å². The third-order valence-corrected chi connectivity index (χ3v) is 6.14. The molecule has 4 rings (SSSR count). The lowest BCUT2D eigenvalue weighted by Crippen LogP contribution is -2.43. The van der Waals surface area contributed by atoms with Gasteiger partial charge in [-0.25, -0.2) is 4.68 Å². The third kappa shape index (κ3) is 5.04. The number of halogens is 1. The number of carbonyl (C=O) groups excluding carboxylic acids is 1. The van der Waals surface area contributed by atoms with Crippen LogP contribution in [0, 0.1) is 6.92 Å². The van der Waals surface area contributed by atoms with Crippen molar-refractivity contribution in [1.29, 1.82) is 0 Å².